The zero-order valence-electron chi connectivity index (χ0n) is 16.7. The third kappa shape index (κ3) is 2.79. The fourth-order valence-electron chi connectivity index (χ4n) is 4.48. The van der Waals surface area contributed by atoms with E-state index in [0.29, 0.717) is 0 Å². The predicted octanol–water partition coefficient (Wildman–Crippen LogP) is 6.60. The number of fused-ring (bicyclic) bond motifs is 2. The van der Waals surface area contributed by atoms with E-state index in [1.54, 1.807) is 0 Å². The van der Waals surface area contributed by atoms with Crippen LogP contribution in [-0.4, -0.2) is 14.1 Å². The molecule has 0 amide bonds. The average molecular weight is 394 g/mol. The Morgan fingerprint density at radius 2 is 1.03 bits per heavy atom. The van der Waals surface area contributed by atoms with E-state index in [-0.39, 0.29) is 5.41 Å². The highest BCUT2D eigenvalue weighted by molar-refractivity contribution is 7.99. The van der Waals surface area contributed by atoms with Gasteiger partial charge in [-0.15, -0.1) is 0 Å². The van der Waals surface area contributed by atoms with Crippen molar-refractivity contribution in [1.29, 1.82) is 0 Å². The van der Waals surface area contributed by atoms with Gasteiger partial charge in [0.1, 0.15) is 0 Å². The molecule has 0 atom stereocenters. The minimum atomic E-state index is -0.329. The first-order valence-corrected chi connectivity index (χ1v) is 10.7. The standard InChI is InChI=1S/C27H23NS/c1-28(2)22-18-16-21(17-19-22)27(20-10-4-3-5-11-20)23-12-6-8-14-25(23)29-26-15-9-7-13-24(26)27/h3-19H,1-2H3. The monoisotopic (exact) mass is 393 g/mol. The minimum absolute atomic E-state index is 0.329. The molecule has 1 aliphatic heterocycles. The molecule has 2 heteroatoms. The molecule has 1 heterocycles. The molecule has 0 unspecified atom stereocenters. The van der Waals surface area contributed by atoms with Crippen molar-refractivity contribution in [1.82, 2.24) is 0 Å². The highest BCUT2D eigenvalue weighted by atomic mass is 32.2. The van der Waals surface area contributed by atoms with Gasteiger partial charge in [0.25, 0.3) is 0 Å². The summed E-state index contributed by atoms with van der Waals surface area (Å²) in [5.41, 5.74) is 6.20. The molecular weight excluding hydrogens is 370 g/mol. The third-order valence-corrected chi connectivity index (χ3v) is 6.98. The van der Waals surface area contributed by atoms with Gasteiger partial charge in [0.15, 0.2) is 0 Å². The summed E-state index contributed by atoms with van der Waals surface area (Å²) in [5.74, 6) is 0. The fraction of sp³-hybridized carbons (Fsp3) is 0.111. The minimum Gasteiger partial charge on any atom is -0.378 e. The molecule has 0 saturated carbocycles. The van der Waals surface area contributed by atoms with Crippen molar-refractivity contribution in [2.45, 2.75) is 15.2 Å². The lowest BCUT2D eigenvalue weighted by Crippen LogP contribution is -2.34. The van der Waals surface area contributed by atoms with Gasteiger partial charge in [0, 0.05) is 29.6 Å². The van der Waals surface area contributed by atoms with Gasteiger partial charge in [-0.25, -0.2) is 0 Å². The van der Waals surface area contributed by atoms with Crippen molar-refractivity contribution in [3.8, 4) is 0 Å². The molecule has 0 bridgehead atoms. The second-order valence-electron chi connectivity index (χ2n) is 7.65. The number of hydrogen-bond acceptors (Lipinski definition) is 2. The zero-order chi connectivity index (χ0) is 19.8. The molecule has 1 nitrogen and oxygen atoms in total. The van der Waals surface area contributed by atoms with Gasteiger partial charge in [-0.1, -0.05) is 90.6 Å². The molecule has 0 aliphatic carbocycles. The van der Waals surface area contributed by atoms with Crippen LogP contribution in [0.15, 0.2) is 113 Å². The normalized spacial score (nSPS) is 14.0. The van der Waals surface area contributed by atoms with Gasteiger partial charge in [0.2, 0.25) is 0 Å². The van der Waals surface area contributed by atoms with Gasteiger partial charge in [-0.05, 0) is 46.5 Å². The van der Waals surface area contributed by atoms with Crippen LogP contribution >= 0.6 is 11.8 Å². The Morgan fingerprint density at radius 3 is 1.59 bits per heavy atom. The summed E-state index contributed by atoms with van der Waals surface area (Å²) >= 11 is 1.87. The molecule has 0 saturated heterocycles. The first kappa shape index (κ1) is 18.1. The summed E-state index contributed by atoms with van der Waals surface area (Å²) in [6.45, 7) is 0. The van der Waals surface area contributed by atoms with Crippen LogP contribution in [0.5, 0.6) is 0 Å². The van der Waals surface area contributed by atoms with Gasteiger partial charge < -0.3 is 4.90 Å². The van der Waals surface area contributed by atoms with Crippen molar-refractivity contribution in [3.63, 3.8) is 0 Å². The maximum atomic E-state index is 2.30. The summed E-state index contributed by atoms with van der Waals surface area (Å²) in [4.78, 5) is 4.80. The summed E-state index contributed by atoms with van der Waals surface area (Å²) in [6, 6.07) is 37.7. The maximum Gasteiger partial charge on any atom is 0.0723 e. The topological polar surface area (TPSA) is 3.24 Å². The molecule has 0 aromatic heterocycles. The number of benzene rings is 4. The fourth-order valence-corrected chi connectivity index (χ4v) is 5.67. The second kappa shape index (κ2) is 7.13. The van der Waals surface area contributed by atoms with E-state index in [0.717, 1.165) is 0 Å². The summed E-state index contributed by atoms with van der Waals surface area (Å²) in [6.07, 6.45) is 0. The Hall–Kier alpha value is -2.97. The lowest BCUT2D eigenvalue weighted by atomic mass is 9.65. The molecule has 5 rings (SSSR count). The van der Waals surface area contributed by atoms with Gasteiger partial charge in [-0.2, -0.15) is 0 Å². The number of rotatable bonds is 3. The molecule has 0 radical (unpaired) electrons. The van der Waals surface area contributed by atoms with E-state index in [1.165, 1.54) is 37.7 Å². The smallest absolute Gasteiger partial charge is 0.0723 e. The number of nitrogens with zero attached hydrogens (tertiary/aromatic N) is 1. The Bertz CT molecular complexity index is 1100. The van der Waals surface area contributed by atoms with Crippen LogP contribution in [0.4, 0.5) is 5.69 Å². The SMILES string of the molecule is CN(C)c1ccc(C2(c3ccccc3)c3ccccc3Sc3ccccc32)cc1. The van der Waals surface area contributed by atoms with Crippen molar-refractivity contribution in [2.24, 2.45) is 0 Å². The molecule has 1 aliphatic rings. The summed E-state index contributed by atoms with van der Waals surface area (Å²) < 4.78 is 0. The van der Waals surface area contributed by atoms with E-state index < -0.39 is 0 Å². The Kier molecular flexibility index (Phi) is 4.44. The summed E-state index contributed by atoms with van der Waals surface area (Å²) in [5, 5.41) is 0. The first-order valence-electron chi connectivity index (χ1n) is 9.91. The van der Waals surface area contributed by atoms with E-state index in [2.05, 4.69) is 122 Å². The maximum absolute atomic E-state index is 2.30. The second-order valence-corrected chi connectivity index (χ2v) is 8.74. The lowest BCUT2D eigenvalue weighted by Gasteiger charge is -2.42. The van der Waals surface area contributed by atoms with E-state index in [4.69, 9.17) is 0 Å². The van der Waals surface area contributed by atoms with Crippen LogP contribution < -0.4 is 4.90 Å². The highest BCUT2D eigenvalue weighted by Crippen LogP contribution is 2.55. The van der Waals surface area contributed by atoms with Crippen molar-refractivity contribution in [3.05, 3.63) is 125 Å². The van der Waals surface area contributed by atoms with Crippen LogP contribution in [-0.2, 0) is 5.41 Å². The molecule has 0 fully saturated rings. The van der Waals surface area contributed by atoms with Crippen LogP contribution in [0.25, 0.3) is 0 Å². The molecule has 4 aromatic carbocycles. The van der Waals surface area contributed by atoms with E-state index >= 15 is 0 Å². The molecule has 0 spiro atoms. The van der Waals surface area contributed by atoms with Crippen LogP contribution in [0.3, 0.4) is 0 Å². The predicted molar refractivity (Wildman–Crippen MR) is 123 cm³/mol. The highest BCUT2D eigenvalue weighted by Gasteiger charge is 2.43. The Labute approximate surface area is 177 Å². The van der Waals surface area contributed by atoms with Crippen LogP contribution in [0.2, 0.25) is 0 Å². The average Bonchev–Trinajstić information content (AvgIpc) is 2.78. The van der Waals surface area contributed by atoms with Crippen LogP contribution in [0.1, 0.15) is 22.3 Å². The van der Waals surface area contributed by atoms with Gasteiger partial charge in [-0.3, -0.25) is 0 Å². The quantitative estimate of drug-likeness (QED) is 0.340. The van der Waals surface area contributed by atoms with E-state index in [1.807, 2.05) is 11.8 Å². The van der Waals surface area contributed by atoms with E-state index in [9.17, 15) is 0 Å². The van der Waals surface area contributed by atoms with Crippen molar-refractivity contribution >= 4 is 17.4 Å². The molecular formula is C27H23NS. The Morgan fingerprint density at radius 1 is 0.552 bits per heavy atom. The number of hydrogen-bond donors (Lipinski definition) is 0. The molecule has 4 aromatic rings. The first-order chi connectivity index (χ1) is 14.2. The zero-order valence-corrected chi connectivity index (χ0v) is 17.5. The van der Waals surface area contributed by atoms with Gasteiger partial charge >= 0.3 is 0 Å². The summed E-state index contributed by atoms with van der Waals surface area (Å²) in [7, 11) is 4.17. The van der Waals surface area contributed by atoms with Gasteiger partial charge in [0.05, 0.1) is 5.41 Å². The molecule has 29 heavy (non-hydrogen) atoms. The molecule has 142 valence electrons. The largest absolute Gasteiger partial charge is 0.378 e. The number of anilines is 1. The Balaban J connectivity index is 1.89. The third-order valence-electron chi connectivity index (χ3n) is 5.83. The van der Waals surface area contributed by atoms with Crippen molar-refractivity contribution in [2.75, 3.05) is 19.0 Å². The molecule has 0 N–H and O–H groups in total. The van der Waals surface area contributed by atoms with Crippen LogP contribution in [0, 0.1) is 0 Å². The van der Waals surface area contributed by atoms with Crippen molar-refractivity contribution < 1.29 is 0 Å². The lowest BCUT2D eigenvalue weighted by molar-refractivity contribution is 0.702.